The topological polar surface area (TPSA) is 46.4 Å². The SMILES string of the molecule is C[n+]1ccc(/C(=N\OC(=O)c2ccc[n+](C)c2)c2ccccc2)cc1. The monoisotopic (exact) mass is 333 g/mol. The number of nitrogens with zero attached hydrogens (tertiary/aromatic N) is 3. The molecule has 5 heteroatoms. The summed E-state index contributed by atoms with van der Waals surface area (Å²) in [6.45, 7) is 0. The van der Waals surface area contributed by atoms with Gasteiger partial charge < -0.3 is 4.84 Å². The summed E-state index contributed by atoms with van der Waals surface area (Å²) < 4.78 is 3.72. The van der Waals surface area contributed by atoms with Crippen molar-refractivity contribution in [3.63, 3.8) is 0 Å². The second-order valence-electron chi connectivity index (χ2n) is 5.70. The lowest BCUT2D eigenvalue weighted by Crippen LogP contribution is -2.28. The molecule has 0 aliphatic rings. The average molecular weight is 333 g/mol. The predicted molar refractivity (Wildman–Crippen MR) is 92.7 cm³/mol. The smallest absolute Gasteiger partial charge is 0.312 e. The number of hydrogen-bond donors (Lipinski definition) is 0. The van der Waals surface area contributed by atoms with E-state index >= 15 is 0 Å². The van der Waals surface area contributed by atoms with Crippen LogP contribution < -0.4 is 9.13 Å². The molecule has 3 aromatic rings. The largest absolute Gasteiger partial charge is 0.371 e. The quantitative estimate of drug-likeness (QED) is 0.317. The fraction of sp³-hybridized carbons (Fsp3) is 0.100. The summed E-state index contributed by atoms with van der Waals surface area (Å²) in [5.74, 6) is -0.494. The molecule has 5 nitrogen and oxygen atoms in total. The molecule has 2 aromatic heterocycles. The second-order valence-corrected chi connectivity index (χ2v) is 5.70. The van der Waals surface area contributed by atoms with Gasteiger partial charge in [0, 0.05) is 29.3 Å². The van der Waals surface area contributed by atoms with Gasteiger partial charge in [0.25, 0.3) is 0 Å². The summed E-state index contributed by atoms with van der Waals surface area (Å²) in [6.07, 6.45) is 7.39. The molecule has 1 aromatic carbocycles. The van der Waals surface area contributed by atoms with Crippen LogP contribution in [0.4, 0.5) is 0 Å². The Morgan fingerprint density at radius 2 is 1.44 bits per heavy atom. The van der Waals surface area contributed by atoms with Gasteiger partial charge in [-0.15, -0.1) is 0 Å². The Balaban J connectivity index is 1.93. The van der Waals surface area contributed by atoms with Gasteiger partial charge >= 0.3 is 5.97 Å². The van der Waals surface area contributed by atoms with E-state index in [2.05, 4.69) is 5.16 Å². The Kier molecular flexibility index (Phi) is 4.95. The van der Waals surface area contributed by atoms with E-state index in [-0.39, 0.29) is 0 Å². The summed E-state index contributed by atoms with van der Waals surface area (Å²) in [4.78, 5) is 17.5. The highest BCUT2D eigenvalue weighted by molar-refractivity contribution is 6.12. The van der Waals surface area contributed by atoms with Crippen molar-refractivity contribution in [1.29, 1.82) is 0 Å². The fourth-order valence-corrected chi connectivity index (χ4v) is 2.38. The molecule has 2 heterocycles. The first-order valence-electron chi connectivity index (χ1n) is 7.89. The third-order valence-corrected chi connectivity index (χ3v) is 3.69. The first-order chi connectivity index (χ1) is 12.1. The normalized spacial score (nSPS) is 11.2. The summed E-state index contributed by atoms with van der Waals surface area (Å²) in [5, 5.41) is 4.15. The van der Waals surface area contributed by atoms with Crippen molar-refractivity contribution in [3.05, 3.63) is 96.1 Å². The van der Waals surface area contributed by atoms with E-state index in [0.29, 0.717) is 11.3 Å². The molecule has 0 saturated carbocycles. The maximum absolute atomic E-state index is 12.3. The van der Waals surface area contributed by atoms with Crippen LogP contribution in [0.3, 0.4) is 0 Å². The van der Waals surface area contributed by atoms with Crippen LogP contribution in [0, 0.1) is 0 Å². The van der Waals surface area contributed by atoms with Gasteiger partial charge in [-0.1, -0.05) is 35.5 Å². The van der Waals surface area contributed by atoms with Crippen molar-refractivity contribution >= 4 is 11.7 Å². The number of aryl methyl sites for hydroxylation is 2. The maximum atomic E-state index is 12.3. The Morgan fingerprint density at radius 3 is 2.12 bits per heavy atom. The van der Waals surface area contributed by atoms with Gasteiger partial charge in [0.05, 0.1) is 0 Å². The minimum atomic E-state index is -0.494. The zero-order valence-electron chi connectivity index (χ0n) is 14.2. The lowest BCUT2D eigenvalue weighted by atomic mass is 10.0. The minimum Gasteiger partial charge on any atom is -0.312 e. The summed E-state index contributed by atoms with van der Waals surface area (Å²) in [7, 11) is 3.79. The van der Waals surface area contributed by atoms with Crippen LogP contribution in [-0.4, -0.2) is 11.7 Å². The molecule has 0 spiro atoms. The van der Waals surface area contributed by atoms with Gasteiger partial charge in [0.2, 0.25) is 0 Å². The van der Waals surface area contributed by atoms with Crippen LogP contribution >= 0.6 is 0 Å². The lowest BCUT2D eigenvalue weighted by molar-refractivity contribution is -0.671. The minimum absolute atomic E-state index is 0.445. The first-order valence-corrected chi connectivity index (χ1v) is 7.89. The zero-order chi connectivity index (χ0) is 17.6. The van der Waals surface area contributed by atoms with Gasteiger partial charge in [0.1, 0.15) is 25.4 Å². The molecule has 0 aliphatic carbocycles. The van der Waals surface area contributed by atoms with Gasteiger partial charge in [-0.25, -0.2) is 13.9 Å². The Hall–Kier alpha value is -3.34. The maximum Gasteiger partial charge on any atom is 0.371 e. The van der Waals surface area contributed by atoms with E-state index < -0.39 is 5.97 Å². The van der Waals surface area contributed by atoms with E-state index in [9.17, 15) is 4.79 Å². The Morgan fingerprint density at radius 1 is 0.800 bits per heavy atom. The molecule has 0 radical (unpaired) electrons. The highest BCUT2D eigenvalue weighted by Crippen LogP contribution is 2.11. The molecule has 0 atom stereocenters. The molecule has 0 N–H and O–H groups in total. The van der Waals surface area contributed by atoms with Crippen molar-refractivity contribution in [2.24, 2.45) is 19.3 Å². The fourth-order valence-electron chi connectivity index (χ4n) is 2.38. The van der Waals surface area contributed by atoms with Gasteiger partial charge in [0.15, 0.2) is 24.8 Å². The standard InChI is InChI=1S/C20H19N3O2/c1-22-13-10-17(11-14-22)19(16-7-4-3-5-8-16)21-25-20(24)18-9-6-12-23(2)15-18/h3-15H,1-2H3/q+2/b21-19-. The number of pyridine rings is 2. The van der Waals surface area contributed by atoms with Crippen LogP contribution in [0.2, 0.25) is 0 Å². The molecule has 0 amide bonds. The predicted octanol–water partition coefficient (Wildman–Crippen LogP) is 1.94. The highest BCUT2D eigenvalue weighted by Gasteiger charge is 2.14. The number of carbonyl (C=O) groups excluding carboxylic acids is 1. The van der Waals surface area contributed by atoms with Crippen molar-refractivity contribution in [2.75, 3.05) is 0 Å². The number of oxime groups is 1. The summed E-state index contributed by atoms with van der Waals surface area (Å²) in [5.41, 5.74) is 2.80. The van der Waals surface area contributed by atoms with Crippen molar-refractivity contribution in [1.82, 2.24) is 0 Å². The molecule has 0 saturated heterocycles. The molecule has 124 valence electrons. The van der Waals surface area contributed by atoms with E-state index in [1.54, 1.807) is 22.9 Å². The van der Waals surface area contributed by atoms with E-state index in [4.69, 9.17) is 4.84 Å². The van der Waals surface area contributed by atoms with Gasteiger partial charge in [-0.2, -0.15) is 0 Å². The highest BCUT2D eigenvalue weighted by atomic mass is 16.7. The molecular formula is C20H19N3O2+2. The number of benzene rings is 1. The molecule has 3 rings (SSSR count). The number of aromatic nitrogens is 2. The summed E-state index contributed by atoms with van der Waals surface area (Å²) in [6, 6.07) is 17.0. The zero-order valence-corrected chi connectivity index (χ0v) is 14.2. The first kappa shape index (κ1) is 16.5. The van der Waals surface area contributed by atoms with Crippen LogP contribution in [0.25, 0.3) is 0 Å². The molecule has 0 unspecified atom stereocenters. The van der Waals surface area contributed by atoms with Crippen LogP contribution in [0.15, 0.2) is 84.5 Å². The van der Waals surface area contributed by atoms with Crippen molar-refractivity contribution < 1.29 is 18.8 Å². The summed E-state index contributed by atoms with van der Waals surface area (Å²) >= 11 is 0. The van der Waals surface area contributed by atoms with E-state index in [1.165, 1.54) is 0 Å². The lowest BCUT2D eigenvalue weighted by Gasteiger charge is -2.06. The molecule has 0 fully saturated rings. The number of carbonyl (C=O) groups is 1. The van der Waals surface area contributed by atoms with Gasteiger partial charge in [-0.3, -0.25) is 0 Å². The van der Waals surface area contributed by atoms with Gasteiger partial charge in [-0.05, 0) is 6.07 Å². The number of hydrogen-bond acceptors (Lipinski definition) is 3. The molecule has 0 bridgehead atoms. The third kappa shape index (κ3) is 4.14. The molecule has 25 heavy (non-hydrogen) atoms. The molecular weight excluding hydrogens is 314 g/mol. The number of rotatable bonds is 4. The Bertz CT molecular complexity index is 904. The van der Waals surface area contributed by atoms with Crippen LogP contribution in [0.5, 0.6) is 0 Å². The Labute approximate surface area is 146 Å². The van der Waals surface area contributed by atoms with E-state index in [1.807, 2.05) is 79.7 Å². The van der Waals surface area contributed by atoms with Crippen molar-refractivity contribution in [3.8, 4) is 0 Å². The van der Waals surface area contributed by atoms with Crippen LogP contribution in [-0.2, 0) is 18.9 Å². The van der Waals surface area contributed by atoms with Crippen LogP contribution in [0.1, 0.15) is 21.5 Å². The third-order valence-electron chi connectivity index (χ3n) is 3.69. The molecule has 0 aliphatic heterocycles. The average Bonchev–Trinajstić information content (AvgIpc) is 2.64. The second kappa shape index (κ2) is 7.49. The van der Waals surface area contributed by atoms with Crippen molar-refractivity contribution in [2.45, 2.75) is 0 Å². The van der Waals surface area contributed by atoms with E-state index in [0.717, 1.165) is 11.1 Å².